The molecule has 8 nitrogen and oxygen atoms in total. The number of aromatic nitrogens is 2. The van der Waals surface area contributed by atoms with Crippen LogP contribution in [0.3, 0.4) is 0 Å². The molecule has 0 aliphatic rings. The third-order valence-corrected chi connectivity index (χ3v) is 4.79. The molecule has 2 heterocycles. The van der Waals surface area contributed by atoms with E-state index in [0.29, 0.717) is 34.2 Å². The number of aryl methyl sites for hydroxylation is 1. The molecule has 3 rings (SSSR count). The number of rotatable bonds is 5. The number of hydrogen-bond acceptors (Lipinski definition) is 6. The number of nitrogens with two attached hydrogens (primary N) is 2. The lowest BCUT2D eigenvalue weighted by atomic mass is 10.1. The predicted molar refractivity (Wildman–Crippen MR) is 129 cm³/mol. The third kappa shape index (κ3) is 6.81. The zero-order valence-corrected chi connectivity index (χ0v) is 20.1. The standard InChI is InChI=1S/C19H22FN3O2.C5H11NO2/c1-11(2)5-4-8-25-16-10-15-13(9-14(16)20)12-6-7-22-18(21)17(12)19(24)23(15)3;1-5(2,3)8-4(6)7/h6-7,9-11H,4-5,8H2,1-3H3,(H2,21,22);1-3H3,(H2,6,7). The Kier molecular flexibility index (Phi) is 8.24. The molecule has 0 radical (unpaired) electrons. The molecule has 4 N–H and O–H groups in total. The minimum absolute atomic E-state index is 0.148. The molecule has 0 aliphatic carbocycles. The van der Waals surface area contributed by atoms with Gasteiger partial charge in [0.1, 0.15) is 11.4 Å². The molecular weight excluding hydrogens is 427 g/mol. The summed E-state index contributed by atoms with van der Waals surface area (Å²) in [6, 6.07) is 4.66. The van der Waals surface area contributed by atoms with Gasteiger partial charge in [0, 0.05) is 30.1 Å². The van der Waals surface area contributed by atoms with E-state index < -0.39 is 17.5 Å². The summed E-state index contributed by atoms with van der Waals surface area (Å²) >= 11 is 0. The number of fused-ring (bicyclic) bond motifs is 3. The number of nitrogens with zero attached hydrogens (tertiary/aromatic N) is 2. The molecule has 2 aromatic heterocycles. The van der Waals surface area contributed by atoms with E-state index in [2.05, 4.69) is 23.6 Å². The number of carbonyl (C=O) groups excluding carboxylic acids is 1. The van der Waals surface area contributed by atoms with E-state index in [1.165, 1.54) is 16.8 Å². The lowest BCUT2D eigenvalue weighted by Crippen LogP contribution is -2.27. The minimum atomic E-state index is -0.725. The second-order valence-corrected chi connectivity index (χ2v) is 9.20. The Balaban J connectivity index is 0.000000414. The average molecular weight is 461 g/mol. The van der Waals surface area contributed by atoms with Gasteiger partial charge >= 0.3 is 6.09 Å². The summed E-state index contributed by atoms with van der Waals surface area (Å²) in [7, 11) is 1.64. The number of primary amides is 1. The molecule has 0 saturated carbocycles. The maximum Gasteiger partial charge on any atom is 0.405 e. The van der Waals surface area contributed by atoms with Gasteiger partial charge in [-0.05, 0) is 51.7 Å². The van der Waals surface area contributed by atoms with Crippen LogP contribution in [0, 0.1) is 11.7 Å². The quantitative estimate of drug-likeness (QED) is 0.427. The SMILES string of the molecule is CC(C)(C)OC(N)=O.CC(C)CCCOc1cc2c(cc1F)c1ccnc(N)c1c(=O)n2C. The Morgan fingerprint density at radius 3 is 2.45 bits per heavy atom. The summed E-state index contributed by atoms with van der Waals surface area (Å²) in [6.07, 6.45) is 2.67. The second kappa shape index (κ2) is 10.5. The smallest absolute Gasteiger partial charge is 0.405 e. The van der Waals surface area contributed by atoms with Crippen molar-refractivity contribution < 1.29 is 18.7 Å². The van der Waals surface area contributed by atoms with Gasteiger partial charge in [-0.2, -0.15) is 0 Å². The van der Waals surface area contributed by atoms with Crippen molar-refractivity contribution in [1.82, 2.24) is 9.55 Å². The van der Waals surface area contributed by atoms with Crippen LogP contribution in [-0.2, 0) is 11.8 Å². The van der Waals surface area contributed by atoms with Gasteiger partial charge in [-0.1, -0.05) is 13.8 Å². The molecule has 0 atom stereocenters. The predicted octanol–water partition coefficient (Wildman–Crippen LogP) is 4.50. The Bertz CT molecular complexity index is 1200. The van der Waals surface area contributed by atoms with Gasteiger partial charge in [0.25, 0.3) is 5.56 Å². The number of ether oxygens (including phenoxy) is 2. The van der Waals surface area contributed by atoms with Gasteiger partial charge in [-0.3, -0.25) is 4.79 Å². The average Bonchev–Trinajstić information content (AvgIpc) is 2.68. The van der Waals surface area contributed by atoms with Crippen molar-refractivity contribution >= 4 is 33.6 Å². The van der Waals surface area contributed by atoms with Crippen molar-refractivity contribution in [2.75, 3.05) is 12.3 Å². The van der Waals surface area contributed by atoms with Crippen LogP contribution in [0.5, 0.6) is 5.75 Å². The number of halogens is 1. The van der Waals surface area contributed by atoms with Crippen molar-refractivity contribution in [3.8, 4) is 5.75 Å². The molecule has 1 amide bonds. The first-order valence-electron chi connectivity index (χ1n) is 10.8. The first-order chi connectivity index (χ1) is 15.3. The van der Waals surface area contributed by atoms with E-state index in [9.17, 15) is 14.0 Å². The number of carbonyl (C=O) groups is 1. The van der Waals surface area contributed by atoms with Gasteiger partial charge < -0.3 is 25.5 Å². The summed E-state index contributed by atoms with van der Waals surface area (Å²) in [6.45, 7) is 10.0. The second-order valence-electron chi connectivity index (χ2n) is 9.20. The molecule has 33 heavy (non-hydrogen) atoms. The Morgan fingerprint density at radius 2 is 1.91 bits per heavy atom. The third-order valence-electron chi connectivity index (χ3n) is 4.79. The van der Waals surface area contributed by atoms with Crippen LogP contribution in [0.2, 0.25) is 0 Å². The normalized spacial score (nSPS) is 11.4. The van der Waals surface area contributed by atoms with E-state index in [4.69, 9.17) is 16.2 Å². The highest BCUT2D eigenvalue weighted by Gasteiger charge is 2.15. The summed E-state index contributed by atoms with van der Waals surface area (Å²) in [5.41, 5.74) is 10.5. The highest BCUT2D eigenvalue weighted by Crippen LogP contribution is 2.30. The van der Waals surface area contributed by atoms with E-state index >= 15 is 0 Å². The topological polar surface area (TPSA) is 122 Å². The van der Waals surface area contributed by atoms with Gasteiger partial charge in [0.15, 0.2) is 11.6 Å². The van der Waals surface area contributed by atoms with Crippen LogP contribution >= 0.6 is 0 Å². The van der Waals surface area contributed by atoms with E-state index in [-0.39, 0.29) is 17.1 Å². The fraction of sp³-hybridized carbons (Fsp3) is 0.458. The van der Waals surface area contributed by atoms with Crippen LogP contribution in [0.1, 0.15) is 47.5 Å². The largest absolute Gasteiger partial charge is 0.490 e. The molecule has 0 spiro atoms. The lowest BCUT2D eigenvalue weighted by molar-refractivity contribution is 0.0600. The number of pyridine rings is 2. The molecule has 0 aliphatic heterocycles. The van der Waals surface area contributed by atoms with Gasteiger partial charge in [0.05, 0.1) is 17.5 Å². The molecule has 1 aromatic carbocycles. The van der Waals surface area contributed by atoms with Crippen LogP contribution in [-0.4, -0.2) is 27.9 Å². The monoisotopic (exact) mass is 460 g/mol. The Hall–Kier alpha value is -3.36. The fourth-order valence-corrected chi connectivity index (χ4v) is 3.33. The zero-order chi connectivity index (χ0) is 24.9. The van der Waals surface area contributed by atoms with Crippen LogP contribution < -0.4 is 21.8 Å². The Labute approximate surface area is 192 Å². The molecule has 180 valence electrons. The summed E-state index contributed by atoms with van der Waals surface area (Å²) < 4.78 is 26.1. The lowest BCUT2D eigenvalue weighted by Gasteiger charge is -2.16. The minimum Gasteiger partial charge on any atom is -0.490 e. The van der Waals surface area contributed by atoms with Gasteiger partial charge in [0.2, 0.25) is 0 Å². The van der Waals surface area contributed by atoms with Crippen molar-refractivity contribution in [2.24, 2.45) is 18.7 Å². The van der Waals surface area contributed by atoms with E-state index in [1.54, 1.807) is 40.0 Å². The van der Waals surface area contributed by atoms with Crippen LogP contribution in [0.25, 0.3) is 21.7 Å². The van der Waals surface area contributed by atoms with Gasteiger partial charge in [-0.25, -0.2) is 14.2 Å². The van der Waals surface area contributed by atoms with Crippen molar-refractivity contribution in [1.29, 1.82) is 0 Å². The molecule has 9 heteroatoms. The highest BCUT2D eigenvalue weighted by molar-refractivity contribution is 6.08. The Morgan fingerprint density at radius 1 is 1.24 bits per heavy atom. The number of hydrogen-bond donors (Lipinski definition) is 2. The van der Waals surface area contributed by atoms with Crippen LogP contribution in [0.15, 0.2) is 29.2 Å². The molecule has 0 fully saturated rings. The number of anilines is 1. The maximum absolute atomic E-state index is 14.5. The first-order valence-corrected chi connectivity index (χ1v) is 10.8. The zero-order valence-electron chi connectivity index (χ0n) is 20.1. The molecular formula is C24H33FN4O4. The molecule has 0 unspecified atom stereocenters. The number of benzene rings is 1. The molecule has 3 aromatic rings. The van der Waals surface area contributed by atoms with E-state index in [1.807, 2.05) is 0 Å². The molecule has 0 saturated heterocycles. The maximum atomic E-state index is 14.5. The van der Waals surface area contributed by atoms with Crippen LogP contribution in [0.4, 0.5) is 15.0 Å². The van der Waals surface area contributed by atoms with Gasteiger partial charge in [-0.15, -0.1) is 0 Å². The molecule has 0 bridgehead atoms. The number of amides is 1. The highest BCUT2D eigenvalue weighted by atomic mass is 19.1. The summed E-state index contributed by atoms with van der Waals surface area (Å²) in [5, 5.41) is 1.51. The first kappa shape index (κ1) is 25.9. The van der Waals surface area contributed by atoms with Crippen molar-refractivity contribution in [3.05, 3.63) is 40.6 Å². The summed E-state index contributed by atoms with van der Waals surface area (Å²) in [4.78, 5) is 26.6. The summed E-state index contributed by atoms with van der Waals surface area (Å²) in [5.74, 6) is 0.436. The fourth-order valence-electron chi connectivity index (χ4n) is 3.33. The number of nitrogen functional groups attached to an aromatic ring is 1. The van der Waals surface area contributed by atoms with E-state index in [0.717, 1.165) is 12.8 Å². The van der Waals surface area contributed by atoms with Crippen molar-refractivity contribution in [3.63, 3.8) is 0 Å². The van der Waals surface area contributed by atoms with Crippen molar-refractivity contribution in [2.45, 2.75) is 53.1 Å².